The quantitative estimate of drug-likeness (QED) is 0.276. The van der Waals surface area contributed by atoms with Gasteiger partial charge in [-0.05, 0) is 90.0 Å². The number of aryl methyl sites for hydroxylation is 4. The Balaban J connectivity index is 1.98. The van der Waals surface area contributed by atoms with Crippen LogP contribution in [0.25, 0.3) is 11.1 Å². The molecule has 0 saturated carbocycles. The van der Waals surface area contributed by atoms with Crippen LogP contribution >= 0.6 is 0 Å². The van der Waals surface area contributed by atoms with E-state index >= 15 is 0 Å². The predicted octanol–water partition coefficient (Wildman–Crippen LogP) is 7.17. The van der Waals surface area contributed by atoms with E-state index in [0.29, 0.717) is 18.4 Å². The number of aliphatic hydroxyl groups is 2. The van der Waals surface area contributed by atoms with Gasteiger partial charge >= 0.3 is 0 Å². The highest BCUT2D eigenvalue weighted by atomic mass is 16.3. The van der Waals surface area contributed by atoms with Crippen molar-refractivity contribution in [3.8, 4) is 16.9 Å². The summed E-state index contributed by atoms with van der Waals surface area (Å²) in [5.74, 6) is 0.204. The zero-order chi connectivity index (χ0) is 25.6. The normalized spacial score (nSPS) is 11.7. The van der Waals surface area contributed by atoms with Crippen LogP contribution in [0.15, 0.2) is 48.5 Å². The minimum Gasteiger partial charge on any atom is -0.507 e. The van der Waals surface area contributed by atoms with E-state index in [2.05, 4.69) is 50.2 Å². The van der Waals surface area contributed by atoms with E-state index in [-0.39, 0.29) is 12.4 Å². The molecule has 3 rings (SSSR count). The maximum absolute atomic E-state index is 11.1. The molecular weight excluding hydrogens is 432 g/mol. The van der Waals surface area contributed by atoms with Crippen molar-refractivity contribution in [1.29, 1.82) is 0 Å². The fourth-order valence-corrected chi connectivity index (χ4v) is 5.09. The van der Waals surface area contributed by atoms with Gasteiger partial charge in [0.15, 0.2) is 0 Å². The van der Waals surface area contributed by atoms with Crippen molar-refractivity contribution < 1.29 is 15.3 Å². The predicted molar refractivity (Wildman–Crippen MR) is 146 cm³/mol. The molecule has 3 nitrogen and oxygen atoms in total. The van der Waals surface area contributed by atoms with Gasteiger partial charge in [-0.3, -0.25) is 0 Å². The highest BCUT2D eigenvalue weighted by Gasteiger charge is 2.25. The van der Waals surface area contributed by atoms with E-state index in [1.165, 1.54) is 27.8 Å². The first-order valence-corrected chi connectivity index (χ1v) is 13.2. The summed E-state index contributed by atoms with van der Waals surface area (Å²) in [5.41, 5.74) is 9.24. The highest BCUT2D eigenvalue weighted by Crippen LogP contribution is 2.35. The minimum absolute atomic E-state index is 0.151. The van der Waals surface area contributed by atoms with Crippen LogP contribution in [0.1, 0.15) is 85.9 Å². The fourth-order valence-electron chi connectivity index (χ4n) is 5.09. The van der Waals surface area contributed by atoms with E-state index in [1.807, 2.05) is 32.9 Å². The Kier molecular flexibility index (Phi) is 9.15. The summed E-state index contributed by atoms with van der Waals surface area (Å²) >= 11 is 0. The van der Waals surface area contributed by atoms with Gasteiger partial charge in [-0.2, -0.15) is 0 Å². The lowest BCUT2D eigenvalue weighted by molar-refractivity contribution is 0.0283. The lowest BCUT2D eigenvalue weighted by Gasteiger charge is -2.27. The Hall–Kier alpha value is -2.62. The van der Waals surface area contributed by atoms with Gasteiger partial charge in [-0.25, -0.2) is 0 Å². The Morgan fingerprint density at radius 1 is 0.714 bits per heavy atom. The fraction of sp³-hybridized carbons (Fsp3) is 0.438. The topological polar surface area (TPSA) is 60.7 Å². The number of benzene rings is 3. The van der Waals surface area contributed by atoms with Gasteiger partial charge in [0.25, 0.3) is 0 Å². The van der Waals surface area contributed by atoms with Crippen LogP contribution in [0.3, 0.4) is 0 Å². The van der Waals surface area contributed by atoms with Crippen molar-refractivity contribution in [2.45, 2.75) is 91.8 Å². The molecule has 0 aliphatic heterocycles. The SMILES string of the molecule is CCCc1cc(C(O)(CC)CC)ccc1-c1cc(CCc2ccc(CO)c(O)c2C)ccc1CC. The number of rotatable bonds is 11. The van der Waals surface area contributed by atoms with Crippen LogP contribution in [0, 0.1) is 6.92 Å². The molecule has 0 aromatic heterocycles. The van der Waals surface area contributed by atoms with E-state index < -0.39 is 5.60 Å². The molecule has 3 aromatic carbocycles. The van der Waals surface area contributed by atoms with Gasteiger partial charge in [0.05, 0.1) is 12.2 Å². The Labute approximate surface area is 211 Å². The average molecular weight is 475 g/mol. The Bertz CT molecular complexity index is 1140. The molecule has 3 heteroatoms. The second-order valence-electron chi connectivity index (χ2n) is 9.72. The van der Waals surface area contributed by atoms with Crippen molar-refractivity contribution in [3.63, 3.8) is 0 Å². The summed E-state index contributed by atoms with van der Waals surface area (Å²) < 4.78 is 0. The van der Waals surface area contributed by atoms with Crippen LogP contribution in [0.5, 0.6) is 5.75 Å². The number of hydrogen-bond acceptors (Lipinski definition) is 3. The summed E-state index contributed by atoms with van der Waals surface area (Å²) in [6, 6.07) is 17.2. The van der Waals surface area contributed by atoms with E-state index in [0.717, 1.165) is 48.8 Å². The lowest BCUT2D eigenvalue weighted by Crippen LogP contribution is -2.23. The number of aromatic hydroxyl groups is 1. The van der Waals surface area contributed by atoms with Crippen LogP contribution in [-0.2, 0) is 37.9 Å². The summed E-state index contributed by atoms with van der Waals surface area (Å²) in [6.45, 7) is 10.3. The third-order valence-corrected chi connectivity index (χ3v) is 7.66. The molecule has 0 atom stereocenters. The highest BCUT2D eigenvalue weighted by molar-refractivity contribution is 5.72. The second-order valence-corrected chi connectivity index (χ2v) is 9.72. The zero-order valence-electron chi connectivity index (χ0n) is 22.1. The van der Waals surface area contributed by atoms with Crippen LogP contribution < -0.4 is 0 Å². The van der Waals surface area contributed by atoms with E-state index in [4.69, 9.17) is 0 Å². The van der Waals surface area contributed by atoms with Crippen LogP contribution in [-0.4, -0.2) is 15.3 Å². The Morgan fingerprint density at radius 3 is 2.03 bits per heavy atom. The van der Waals surface area contributed by atoms with Crippen LogP contribution in [0.4, 0.5) is 0 Å². The third-order valence-electron chi connectivity index (χ3n) is 7.66. The maximum Gasteiger partial charge on any atom is 0.124 e. The summed E-state index contributed by atoms with van der Waals surface area (Å²) in [5, 5.41) is 30.9. The molecular formula is C32H42O3. The molecule has 0 radical (unpaired) electrons. The van der Waals surface area contributed by atoms with Crippen molar-refractivity contribution in [3.05, 3.63) is 87.5 Å². The standard InChI is InChI=1S/C32H42O3/c1-6-10-26-20-28(32(35,8-3)9-4)17-18-29(26)30-19-23(11-13-24(30)7-2)12-14-25-15-16-27(21-33)31(34)22(25)5/h11,13,15-20,33-35H,6-10,12,14,21H2,1-5H3. The van der Waals surface area contributed by atoms with Gasteiger partial charge in [0, 0.05) is 5.56 Å². The van der Waals surface area contributed by atoms with Gasteiger partial charge in [-0.15, -0.1) is 0 Å². The summed E-state index contributed by atoms with van der Waals surface area (Å²) in [6.07, 6.45) is 6.12. The van der Waals surface area contributed by atoms with Gasteiger partial charge in [0.1, 0.15) is 5.75 Å². The van der Waals surface area contributed by atoms with Gasteiger partial charge in [-0.1, -0.05) is 82.6 Å². The van der Waals surface area contributed by atoms with Crippen molar-refractivity contribution in [1.82, 2.24) is 0 Å². The smallest absolute Gasteiger partial charge is 0.124 e. The molecule has 0 amide bonds. The first kappa shape index (κ1) is 27.0. The molecule has 188 valence electrons. The van der Waals surface area contributed by atoms with Crippen molar-refractivity contribution in [2.24, 2.45) is 0 Å². The molecule has 3 aromatic rings. The Morgan fingerprint density at radius 2 is 1.40 bits per heavy atom. The third kappa shape index (κ3) is 5.79. The second kappa shape index (κ2) is 11.9. The molecule has 0 unspecified atom stereocenters. The van der Waals surface area contributed by atoms with E-state index in [1.54, 1.807) is 0 Å². The summed E-state index contributed by atoms with van der Waals surface area (Å²) in [7, 11) is 0. The molecule has 0 bridgehead atoms. The van der Waals surface area contributed by atoms with Crippen molar-refractivity contribution >= 4 is 0 Å². The monoisotopic (exact) mass is 474 g/mol. The molecule has 0 saturated heterocycles. The molecule has 3 N–H and O–H groups in total. The van der Waals surface area contributed by atoms with Crippen LogP contribution in [0.2, 0.25) is 0 Å². The van der Waals surface area contributed by atoms with Crippen molar-refractivity contribution in [2.75, 3.05) is 0 Å². The number of aliphatic hydroxyl groups excluding tert-OH is 1. The molecule has 0 heterocycles. The molecule has 0 fully saturated rings. The largest absolute Gasteiger partial charge is 0.507 e. The number of hydrogen-bond donors (Lipinski definition) is 3. The molecule has 0 aliphatic carbocycles. The van der Waals surface area contributed by atoms with E-state index in [9.17, 15) is 15.3 Å². The first-order chi connectivity index (χ1) is 16.8. The molecule has 35 heavy (non-hydrogen) atoms. The average Bonchev–Trinajstić information content (AvgIpc) is 2.89. The summed E-state index contributed by atoms with van der Waals surface area (Å²) in [4.78, 5) is 0. The van der Waals surface area contributed by atoms with Gasteiger partial charge in [0.2, 0.25) is 0 Å². The first-order valence-electron chi connectivity index (χ1n) is 13.2. The molecule has 0 aliphatic rings. The minimum atomic E-state index is -0.772. The van der Waals surface area contributed by atoms with Gasteiger partial charge < -0.3 is 15.3 Å². The molecule has 0 spiro atoms. The zero-order valence-corrected chi connectivity index (χ0v) is 22.1. The maximum atomic E-state index is 11.1. The lowest BCUT2D eigenvalue weighted by atomic mass is 9.83. The number of phenols is 1.